The lowest BCUT2D eigenvalue weighted by atomic mass is 10.1. The molecule has 2 amide bonds. The third-order valence-electron chi connectivity index (χ3n) is 5.85. The van der Waals surface area contributed by atoms with Crippen LogP contribution >= 0.6 is 0 Å². The van der Waals surface area contributed by atoms with Crippen LogP contribution in [0.3, 0.4) is 0 Å². The largest absolute Gasteiger partial charge is 0.441 e. The van der Waals surface area contributed by atoms with Gasteiger partial charge in [-0.05, 0) is 50.5 Å². The van der Waals surface area contributed by atoms with E-state index in [0.29, 0.717) is 49.8 Å². The minimum Gasteiger partial charge on any atom is -0.441 e. The van der Waals surface area contributed by atoms with Crippen molar-refractivity contribution in [2.45, 2.75) is 39.2 Å². The normalized spacial score (nSPS) is 14.7. The Morgan fingerprint density at radius 3 is 2.52 bits per heavy atom. The lowest BCUT2D eigenvalue weighted by Gasteiger charge is -2.34. The molecule has 1 N–H and O–H groups in total. The molecule has 1 aromatic heterocycles. The van der Waals surface area contributed by atoms with Crippen LogP contribution in [0.15, 0.2) is 52.9 Å². The highest BCUT2D eigenvalue weighted by atomic mass is 16.3. The highest BCUT2D eigenvalue weighted by Crippen LogP contribution is 2.20. The predicted octanol–water partition coefficient (Wildman–Crippen LogP) is 3.29. The number of hydrogen-bond acceptors (Lipinski definition) is 5. The molecule has 2 heterocycles. The summed E-state index contributed by atoms with van der Waals surface area (Å²) in [6, 6.07) is 16.0. The molecule has 7 nitrogen and oxygen atoms in total. The van der Waals surface area contributed by atoms with Crippen LogP contribution in [-0.2, 0) is 17.6 Å². The molecule has 2 aromatic carbocycles. The summed E-state index contributed by atoms with van der Waals surface area (Å²) in [5, 5.41) is 2.91. The summed E-state index contributed by atoms with van der Waals surface area (Å²) >= 11 is 0. The number of carbonyl (C=O) groups is 2. The molecule has 174 valence electrons. The Morgan fingerprint density at radius 2 is 1.79 bits per heavy atom. The van der Waals surface area contributed by atoms with E-state index in [1.165, 1.54) is 5.56 Å². The summed E-state index contributed by atoms with van der Waals surface area (Å²) in [6.45, 7) is 6.87. The van der Waals surface area contributed by atoms with Gasteiger partial charge in [0.15, 0.2) is 11.5 Å². The van der Waals surface area contributed by atoms with Crippen molar-refractivity contribution in [1.29, 1.82) is 0 Å². The summed E-state index contributed by atoms with van der Waals surface area (Å²) in [6.07, 6.45) is 2.70. The van der Waals surface area contributed by atoms with Crippen molar-refractivity contribution in [3.63, 3.8) is 0 Å². The summed E-state index contributed by atoms with van der Waals surface area (Å²) in [4.78, 5) is 33.5. The first kappa shape index (κ1) is 23.0. The van der Waals surface area contributed by atoms with E-state index in [2.05, 4.69) is 39.5 Å². The molecule has 7 heteroatoms. The molecule has 0 atom stereocenters. The molecule has 3 aromatic rings. The lowest BCUT2D eigenvalue weighted by Crippen LogP contribution is -2.51. The number of nitrogens with zero attached hydrogens (tertiary/aromatic N) is 3. The number of piperazine rings is 1. The molecule has 1 saturated heterocycles. The average Bonchev–Trinajstić information content (AvgIpc) is 3.21. The van der Waals surface area contributed by atoms with Crippen molar-refractivity contribution >= 4 is 22.9 Å². The van der Waals surface area contributed by atoms with Crippen molar-refractivity contribution in [2.75, 3.05) is 32.7 Å². The van der Waals surface area contributed by atoms with Crippen molar-refractivity contribution < 1.29 is 14.0 Å². The van der Waals surface area contributed by atoms with Gasteiger partial charge in [0.05, 0.1) is 6.54 Å². The SMILES string of the molecule is CC(C)NC(=O)CN1CCN(C(=O)c2ccc3oc(CCCc4ccccc4)nc3c2)CC1. The molecule has 0 radical (unpaired) electrons. The van der Waals surface area contributed by atoms with E-state index in [9.17, 15) is 9.59 Å². The number of aromatic nitrogens is 1. The fourth-order valence-corrected chi connectivity index (χ4v) is 4.17. The molecule has 0 aliphatic carbocycles. The number of nitrogens with one attached hydrogen (secondary N) is 1. The molecular weight excluding hydrogens is 416 g/mol. The minimum absolute atomic E-state index is 0.00295. The second-order valence-corrected chi connectivity index (χ2v) is 8.92. The smallest absolute Gasteiger partial charge is 0.254 e. The maximum absolute atomic E-state index is 13.0. The van der Waals surface area contributed by atoms with Gasteiger partial charge in [-0.3, -0.25) is 14.5 Å². The van der Waals surface area contributed by atoms with Crippen molar-refractivity contribution in [3.05, 3.63) is 65.5 Å². The van der Waals surface area contributed by atoms with Gasteiger partial charge in [-0.15, -0.1) is 0 Å². The van der Waals surface area contributed by atoms with Crippen LogP contribution in [0.4, 0.5) is 0 Å². The van der Waals surface area contributed by atoms with Crippen molar-refractivity contribution in [3.8, 4) is 0 Å². The first-order valence-corrected chi connectivity index (χ1v) is 11.7. The van der Waals surface area contributed by atoms with Crippen LogP contribution in [0.1, 0.15) is 42.1 Å². The van der Waals surface area contributed by atoms with E-state index in [4.69, 9.17) is 4.42 Å². The topological polar surface area (TPSA) is 78.7 Å². The van der Waals surface area contributed by atoms with Gasteiger partial charge in [-0.2, -0.15) is 0 Å². The van der Waals surface area contributed by atoms with Gasteiger partial charge in [-0.25, -0.2) is 4.98 Å². The second-order valence-electron chi connectivity index (χ2n) is 8.92. The lowest BCUT2D eigenvalue weighted by molar-refractivity contribution is -0.123. The molecule has 4 rings (SSSR count). The zero-order chi connectivity index (χ0) is 23.2. The Balaban J connectivity index is 1.31. The van der Waals surface area contributed by atoms with Gasteiger partial charge in [0.2, 0.25) is 5.91 Å². The number of aryl methyl sites for hydroxylation is 2. The van der Waals surface area contributed by atoms with E-state index in [1.807, 2.05) is 43.0 Å². The number of amides is 2. The van der Waals surface area contributed by atoms with Crippen LogP contribution in [0, 0.1) is 0 Å². The molecule has 0 unspecified atom stereocenters. The molecule has 1 fully saturated rings. The first-order chi connectivity index (χ1) is 16.0. The number of benzene rings is 2. The van der Waals surface area contributed by atoms with Gasteiger partial charge >= 0.3 is 0 Å². The summed E-state index contributed by atoms with van der Waals surface area (Å²) in [5.74, 6) is 0.733. The number of hydrogen-bond donors (Lipinski definition) is 1. The number of carbonyl (C=O) groups excluding carboxylic acids is 2. The van der Waals surface area contributed by atoms with Crippen LogP contribution in [-0.4, -0.2) is 65.4 Å². The van der Waals surface area contributed by atoms with Crippen molar-refractivity contribution in [2.24, 2.45) is 0 Å². The first-order valence-electron chi connectivity index (χ1n) is 11.7. The van der Waals surface area contributed by atoms with Crippen LogP contribution in [0.2, 0.25) is 0 Å². The van der Waals surface area contributed by atoms with Gasteiger partial charge < -0.3 is 14.6 Å². The molecule has 0 bridgehead atoms. The van der Waals surface area contributed by atoms with E-state index in [0.717, 1.165) is 24.8 Å². The Hall–Kier alpha value is -3.19. The fourth-order valence-electron chi connectivity index (χ4n) is 4.17. The summed E-state index contributed by atoms with van der Waals surface area (Å²) < 4.78 is 5.88. The second kappa shape index (κ2) is 10.6. The van der Waals surface area contributed by atoms with Gasteiger partial charge in [0.25, 0.3) is 5.91 Å². The van der Waals surface area contributed by atoms with Crippen LogP contribution in [0.25, 0.3) is 11.1 Å². The molecule has 33 heavy (non-hydrogen) atoms. The molecular formula is C26H32N4O3. The number of rotatable bonds is 8. The van der Waals surface area contributed by atoms with Gasteiger partial charge in [-0.1, -0.05) is 30.3 Å². The van der Waals surface area contributed by atoms with Crippen LogP contribution < -0.4 is 5.32 Å². The molecule has 1 aliphatic rings. The maximum atomic E-state index is 13.0. The zero-order valence-electron chi connectivity index (χ0n) is 19.4. The van der Waals surface area contributed by atoms with Gasteiger partial charge in [0.1, 0.15) is 5.52 Å². The average molecular weight is 449 g/mol. The quantitative estimate of drug-likeness (QED) is 0.572. The van der Waals surface area contributed by atoms with E-state index in [1.54, 1.807) is 0 Å². The highest BCUT2D eigenvalue weighted by Gasteiger charge is 2.24. The van der Waals surface area contributed by atoms with E-state index >= 15 is 0 Å². The van der Waals surface area contributed by atoms with Crippen LogP contribution in [0.5, 0.6) is 0 Å². The number of oxazole rings is 1. The molecule has 0 saturated carbocycles. The minimum atomic E-state index is -0.00295. The third kappa shape index (κ3) is 6.20. The fraction of sp³-hybridized carbons (Fsp3) is 0.423. The monoisotopic (exact) mass is 448 g/mol. The van der Waals surface area contributed by atoms with E-state index in [-0.39, 0.29) is 17.9 Å². The predicted molar refractivity (Wildman–Crippen MR) is 128 cm³/mol. The van der Waals surface area contributed by atoms with Gasteiger partial charge in [0, 0.05) is 44.2 Å². The third-order valence-corrected chi connectivity index (χ3v) is 5.85. The summed E-state index contributed by atoms with van der Waals surface area (Å²) in [5.41, 5.74) is 3.36. The Kier molecular flexibility index (Phi) is 7.40. The zero-order valence-corrected chi connectivity index (χ0v) is 19.4. The highest BCUT2D eigenvalue weighted by molar-refractivity contribution is 5.97. The Bertz CT molecular complexity index is 1090. The Labute approximate surface area is 194 Å². The standard InChI is InChI=1S/C26H32N4O3/c1-19(2)27-24(31)18-29-13-15-30(16-14-29)26(32)21-11-12-23-22(17-21)28-25(33-23)10-6-9-20-7-4-3-5-8-20/h3-5,7-8,11-12,17,19H,6,9-10,13-16,18H2,1-2H3,(H,27,31). The number of fused-ring (bicyclic) bond motifs is 1. The summed E-state index contributed by atoms with van der Waals surface area (Å²) in [7, 11) is 0. The van der Waals surface area contributed by atoms with E-state index < -0.39 is 0 Å². The molecule has 0 spiro atoms. The van der Waals surface area contributed by atoms with Crippen molar-refractivity contribution in [1.82, 2.24) is 20.1 Å². The molecule has 1 aliphatic heterocycles. The Morgan fingerprint density at radius 1 is 1.03 bits per heavy atom. The maximum Gasteiger partial charge on any atom is 0.254 e.